The summed E-state index contributed by atoms with van der Waals surface area (Å²) in [4.78, 5) is 21.6. The first-order valence-electron chi connectivity index (χ1n) is 2.90. The topological polar surface area (TPSA) is 105 Å². The Balaban J connectivity index is 3.26. The number of rotatable bonds is 2. The quantitative estimate of drug-likeness (QED) is 0.604. The van der Waals surface area contributed by atoms with Gasteiger partial charge in [0.1, 0.15) is 0 Å². The predicted octanol–water partition coefficient (Wildman–Crippen LogP) is -0.789. The molecule has 1 aromatic rings. The Kier molecular flexibility index (Phi) is 1.78. The predicted molar refractivity (Wildman–Crippen MR) is 34.9 cm³/mol. The standard InChI is InChI=1S/C5H5N3O4/c1-8-6-2(4(9)10)3(7-8)5(11)12/h1H3,(H,9,10)(H,11,12). The zero-order chi connectivity index (χ0) is 9.30. The molecule has 0 bridgehead atoms. The fourth-order valence-corrected chi connectivity index (χ4v) is 0.695. The number of aromatic carboxylic acids is 2. The Morgan fingerprint density at radius 1 is 1.17 bits per heavy atom. The van der Waals surface area contributed by atoms with Gasteiger partial charge in [-0.3, -0.25) is 0 Å². The zero-order valence-corrected chi connectivity index (χ0v) is 6.05. The minimum Gasteiger partial charge on any atom is -0.476 e. The lowest BCUT2D eigenvalue weighted by atomic mass is 10.3. The number of carbonyl (C=O) groups is 2. The summed E-state index contributed by atoms with van der Waals surface area (Å²) in [6.45, 7) is 0. The van der Waals surface area contributed by atoms with Gasteiger partial charge in [0, 0.05) is 7.05 Å². The van der Waals surface area contributed by atoms with Crippen LogP contribution in [0.15, 0.2) is 0 Å². The molecule has 0 aliphatic carbocycles. The summed E-state index contributed by atoms with van der Waals surface area (Å²) in [7, 11) is 1.35. The number of nitrogens with zero attached hydrogens (tertiary/aromatic N) is 3. The van der Waals surface area contributed by atoms with Gasteiger partial charge in [-0.25, -0.2) is 9.59 Å². The van der Waals surface area contributed by atoms with Crippen molar-refractivity contribution in [2.45, 2.75) is 0 Å². The van der Waals surface area contributed by atoms with Crippen molar-refractivity contribution >= 4 is 11.9 Å². The van der Waals surface area contributed by atoms with Crippen molar-refractivity contribution in [3.05, 3.63) is 11.4 Å². The molecule has 7 nitrogen and oxygen atoms in total. The van der Waals surface area contributed by atoms with Gasteiger partial charge in [0.05, 0.1) is 0 Å². The second kappa shape index (κ2) is 2.61. The lowest BCUT2D eigenvalue weighted by Gasteiger charge is -1.85. The van der Waals surface area contributed by atoms with Crippen LogP contribution >= 0.6 is 0 Å². The van der Waals surface area contributed by atoms with E-state index in [1.54, 1.807) is 0 Å². The molecule has 0 saturated heterocycles. The first-order valence-corrected chi connectivity index (χ1v) is 2.90. The fourth-order valence-electron chi connectivity index (χ4n) is 0.695. The molecule has 12 heavy (non-hydrogen) atoms. The highest BCUT2D eigenvalue weighted by atomic mass is 16.4. The fraction of sp³-hybridized carbons (Fsp3) is 0.200. The Morgan fingerprint density at radius 2 is 1.50 bits per heavy atom. The SMILES string of the molecule is Cn1nc(C(=O)O)c(C(=O)O)n1. The Labute approximate surface area is 66.2 Å². The van der Waals surface area contributed by atoms with Gasteiger partial charge in [0.25, 0.3) is 0 Å². The third-order valence-electron chi connectivity index (χ3n) is 1.12. The van der Waals surface area contributed by atoms with Gasteiger partial charge in [-0.2, -0.15) is 4.80 Å². The summed E-state index contributed by atoms with van der Waals surface area (Å²) in [5, 5.41) is 23.6. The van der Waals surface area contributed by atoms with Gasteiger partial charge in [-0.1, -0.05) is 0 Å². The molecule has 0 spiro atoms. The van der Waals surface area contributed by atoms with E-state index in [2.05, 4.69) is 10.2 Å². The van der Waals surface area contributed by atoms with Crippen LogP contribution in [0.2, 0.25) is 0 Å². The third kappa shape index (κ3) is 1.24. The number of hydrogen-bond donors (Lipinski definition) is 2. The molecule has 0 unspecified atom stereocenters. The van der Waals surface area contributed by atoms with Crippen LogP contribution in [0.25, 0.3) is 0 Å². The van der Waals surface area contributed by atoms with E-state index in [1.165, 1.54) is 7.05 Å². The van der Waals surface area contributed by atoms with Crippen LogP contribution in [0, 0.1) is 0 Å². The van der Waals surface area contributed by atoms with Crippen molar-refractivity contribution in [3.8, 4) is 0 Å². The van der Waals surface area contributed by atoms with Gasteiger partial charge in [0.2, 0.25) is 11.4 Å². The van der Waals surface area contributed by atoms with Crippen molar-refractivity contribution < 1.29 is 19.8 Å². The first-order chi connectivity index (χ1) is 5.52. The zero-order valence-electron chi connectivity index (χ0n) is 6.05. The molecule has 1 heterocycles. The van der Waals surface area contributed by atoms with Crippen molar-refractivity contribution in [1.29, 1.82) is 0 Å². The summed E-state index contributed by atoms with van der Waals surface area (Å²) < 4.78 is 0. The second-order valence-corrected chi connectivity index (χ2v) is 2.00. The summed E-state index contributed by atoms with van der Waals surface area (Å²) in [5.41, 5.74) is -1.10. The van der Waals surface area contributed by atoms with Gasteiger partial charge in [-0.05, 0) is 0 Å². The van der Waals surface area contributed by atoms with E-state index < -0.39 is 23.3 Å². The first kappa shape index (κ1) is 8.18. The smallest absolute Gasteiger partial charge is 0.359 e. The Morgan fingerprint density at radius 3 is 1.75 bits per heavy atom. The highest BCUT2D eigenvalue weighted by Crippen LogP contribution is 2.01. The van der Waals surface area contributed by atoms with Crippen LogP contribution < -0.4 is 0 Å². The summed E-state index contributed by atoms with van der Waals surface area (Å²) in [6, 6.07) is 0. The molecule has 0 aromatic carbocycles. The highest BCUT2D eigenvalue weighted by Gasteiger charge is 2.21. The maximum Gasteiger partial charge on any atom is 0.359 e. The minimum absolute atomic E-state index is 0.551. The molecule has 7 heteroatoms. The molecule has 1 aromatic heterocycles. The average molecular weight is 171 g/mol. The van der Waals surface area contributed by atoms with Crippen LogP contribution in [-0.2, 0) is 7.05 Å². The van der Waals surface area contributed by atoms with E-state index in [9.17, 15) is 9.59 Å². The molecule has 1 rings (SSSR count). The van der Waals surface area contributed by atoms with Crippen LogP contribution in [-0.4, -0.2) is 37.1 Å². The van der Waals surface area contributed by atoms with Gasteiger partial charge >= 0.3 is 11.9 Å². The van der Waals surface area contributed by atoms with E-state index in [4.69, 9.17) is 10.2 Å². The van der Waals surface area contributed by atoms with Crippen LogP contribution in [0.3, 0.4) is 0 Å². The molecular weight excluding hydrogens is 166 g/mol. The van der Waals surface area contributed by atoms with E-state index in [0.29, 0.717) is 0 Å². The third-order valence-corrected chi connectivity index (χ3v) is 1.12. The lowest BCUT2D eigenvalue weighted by Crippen LogP contribution is -2.07. The molecule has 0 amide bonds. The van der Waals surface area contributed by atoms with Crippen LogP contribution in [0.5, 0.6) is 0 Å². The second-order valence-electron chi connectivity index (χ2n) is 2.00. The van der Waals surface area contributed by atoms with Crippen LogP contribution in [0.4, 0.5) is 0 Å². The molecular formula is C5H5N3O4. The summed E-state index contributed by atoms with van der Waals surface area (Å²) >= 11 is 0. The summed E-state index contributed by atoms with van der Waals surface area (Å²) in [6.07, 6.45) is 0. The maximum absolute atomic E-state index is 10.4. The lowest BCUT2D eigenvalue weighted by molar-refractivity contribution is 0.0644. The Bertz CT molecular complexity index is 311. The van der Waals surface area contributed by atoms with Gasteiger partial charge < -0.3 is 10.2 Å². The number of carboxylic acid groups (broad SMARTS) is 2. The summed E-state index contributed by atoms with van der Waals surface area (Å²) in [5.74, 6) is -2.80. The largest absolute Gasteiger partial charge is 0.476 e. The van der Waals surface area contributed by atoms with E-state index in [1.807, 2.05) is 0 Å². The van der Waals surface area contributed by atoms with Crippen molar-refractivity contribution in [2.75, 3.05) is 0 Å². The van der Waals surface area contributed by atoms with Gasteiger partial charge in [-0.15, -0.1) is 10.2 Å². The molecule has 0 radical (unpaired) electrons. The number of aromatic nitrogens is 3. The molecule has 2 N–H and O–H groups in total. The van der Waals surface area contributed by atoms with E-state index >= 15 is 0 Å². The molecule has 64 valence electrons. The minimum atomic E-state index is -1.40. The molecule has 0 saturated carbocycles. The molecule has 0 aliphatic heterocycles. The monoisotopic (exact) mass is 171 g/mol. The van der Waals surface area contributed by atoms with Crippen molar-refractivity contribution in [1.82, 2.24) is 15.0 Å². The number of carboxylic acids is 2. The van der Waals surface area contributed by atoms with Gasteiger partial charge in [0.15, 0.2) is 0 Å². The Hall–Kier alpha value is -1.92. The van der Waals surface area contributed by atoms with Crippen LogP contribution in [0.1, 0.15) is 21.0 Å². The molecule has 0 fully saturated rings. The number of hydrogen-bond acceptors (Lipinski definition) is 4. The van der Waals surface area contributed by atoms with E-state index in [0.717, 1.165) is 4.80 Å². The molecule has 0 aliphatic rings. The normalized spacial score (nSPS) is 9.75. The number of aryl methyl sites for hydroxylation is 1. The average Bonchev–Trinajstić information content (AvgIpc) is 2.31. The van der Waals surface area contributed by atoms with E-state index in [-0.39, 0.29) is 0 Å². The van der Waals surface area contributed by atoms with Crippen molar-refractivity contribution in [2.24, 2.45) is 7.05 Å². The highest BCUT2D eigenvalue weighted by molar-refractivity contribution is 5.98. The maximum atomic E-state index is 10.4. The van der Waals surface area contributed by atoms with Crippen molar-refractivity contribution in [3.63, 3.8) is 0 Å². The molecule has 0 atom stereocenters.